The molecule has 1 N–H and O–H groups in total. The number of carbonyl (C=O) groups excluding carboxylic acids is 2. The van der Waals surface area contributed by atoms with Crippen LogP contribution in [-0.2, 0) is 11.3 Å². The number of nitrogens with zero attached hydrogens (tertiary/aromatic N) is 4. The molecule has 126 valence electrons. The minimum atomic E-state index is -0.528. The molecule has 3 rings (SSSR count). The van der Waals surface area contributed by atoms with E-state index in [2.05, 4.69) is 10.4 Å². The van der Waals surface area contributed by atoms with Crippen molar-refractivity contribution in [3.05, 3.63) is 48.0 Å². The summed E-state index contributed by atoms with van der Waals surface area (Å²) in [6, 6.07) is 5.22. The number of benzene rings is 1. The average Bonchev–Trinajstić information content (AvgIpc) is 3.15. The Morgan fingerprint density at radius 2 is 2.12 bits per heavy atom. The van der Waals surface area contributed by atoms with Crippen LogP contribution >= 0.6 is 0 Å². The van der Waals surface area contributed by atoms with E-state index in [1.54, 1.807) is 48.2 Å². The van der Waals surface area contributed by atoms with Gasteiger partial charge in [0.05, 0.1) is 18.4 Å². The van der Waals surface area contributed by atoms with Gasteiger partial charge < -0.3 is 15.1 Å². The lowest BCUT2D eigenvalue weighted by atomic mass is 10.2. The summed E-state index contributed by atoms with van der Waals surface area (Å²) >= 11 is 0. The van der Waals surface area contributed by atoms with Crippen LogP contribution in [0.3, 0.4) is 0 Å². The Morgan fingerprint density at radius 1 is 1.42 bits per heavy atom. The van der Waals surface area contributed by atoms with Gasteiger partial charge in [-0.15, -0.1) is 0 Å². The van der Waals surface area contributed by atoms with E-state index in [4.69, 9.17) is 0 Å². The second-order valence-corrected chi connectivity index (χ2v) is 5.85. The fraction of sp³-hybridized carbons (Fsp3) is 0.312. The van der Waals surface area contributed by atoms with Gasteiger partial charge in [0.25, 0.3) is 0 Å². The Morgan fingerprint density at radius 3 is 2.75 bits per heavy atom. The first-order valence-corrected chi connectivity index (χ1v) is 7.50. The summed E-state index contributed by atoms with van der Waals surface area (Å²) in [7, 11) is 3.33. The lowest BCUT2D eigenvalue weighted by molar-refractivity contribution is -0.132. The molecule has 0 aliphatic carbocycles. The minimum Gasteiger partial charge on any atom is -0.339 e. The third-order valence-corrected chi connectivity index (χ3v) is 3.92. The number of hydrogen-bond acceptors (Lipinski definition) is 3. The number of aromatic nitrogens is 2. The van der Waals surface area contributed by atoms with Gasteiger partial charge >= 0.3 is 6.03 Å². The molecule has 1 aliphatic rings. The van der Waals surface area contributed by atoms with Crippen molar-refractivity contribution in [2.45, 2.75) is 12.6 Å². The molecule has 1 saturated heterocycles. The summed E-state index contributed by atoms with van der Waals surface area (Å²) in [6.07, 6.45) is 3.45. The van der Waals surface area contributed by atoms with E-state index < -0.39 is 6.04 Å². The molecule has 0 unspecified atom stereocenters. The van der Waals surface area contributed by atoms with Crippen LogP contribution in [0.1, 0.15) is 5.56 Å². The molecule has 1 atom stereocenters. The van der Waals surface area contributed by atoms with E-state index in [1.807, 2.05) is 0 Å². The molecular weight excluding hydrogens is 313 g/mol. The third-order valence-electron chi connectivity index (χ3n) is 3.92. The Kier molecular flexibility index (Phi) is 4.20. The first kappa shape index (κ1) is 16.0. The highest BCUT2D eigenvalue weighted by Gasteiger charge is 2.32. The van der Waals surface area contributed by atoms with Crippen LogP contribution in [0.15, 0.2) is 36.7 Å². The molecule has 3 amide bonds. The summed E-state index contributed by atoms with van der Waals surface area (Å²) in [5.41, 5.74) is 1.58. The zero-order valence-electron chi connectivity index (χ0n) is 13.4. The molecule has 1 aromatic carbocycles. The van der Waals surface area contributed by atoms with Gasteiger partial charge in [0.15, 0.2) is 0 Å². The number of amides is 3. The molecule has 1 aliphatic heterocycles. The number of halogens is 1. The fourth-order valence-electron chi connectivity index (χ4n) is 2.60. The Labute approximate surface area is 138 Å². The molecule has 0 spiro atoms. The predicted octanol–water partition coefficient (Wildman–Crippen LogP) is 0.993. The highest BCUT2D eigenvalue weighted by Crippen LogP contribution is 2.12. The molecule has 8 heteroatoms. The standard InChI is InChI=1S/C16H18FN5O2/c1-20(15(23)14-10-21(2)16(24)19-14)8-11-7-18-22(9-11)13-5-3-12(17)4-6-13/h3-7,9,14H,8,10H2,1-2H3,(H,19,24)/t14-/m1/s1. The minimum absolute atomic E-state index is 0.151. The number of carbonyl (C=O) groups is 2. The second kappa shape index (κ2) is 6.31. The van der Waals surface area contributed by atoms with Gasteiger partial charge in [0, 0.05) is 32.4 Å². The Hall–Kier alpha value is -2.90. The van der Waals surface area contributed by atoms with Crippen molar-refractivity contribution in [1.82, 2.24) is 24.9 Å². The van der Waals surface area contributed by atoms with Crippen LogP contribution in [0.4, 0.5) is 9.18 Å². The van der Waals surface area contributed by atoms with Gasteiger partial charge in [-0.2, -0.15) is 5.10 Å². The first-order valence-electron chi connectivity index (χ1n) is 7.50. The van der Waals surface area contributed by atoms with Crippen LogP contribution in [0, 0.1) is 5.82 Å². The van der Waals surface area contributed by atoms with E-state index in [1.165, 1.54) is 17.0 Å². The maximum Gasteiger partial charge on any atom is 0.317 e. The van der Waals surface area contributed by atoms with Gasteiger partial charge in [-0.05, 0) is 24.3 Å². The number of likely N-dealkylation sites (N-methyl/N-ethyl adjacent to an activating group) is 2. The third kappa shape index (κ3) is 3.22. The molecule has 0 bridgehead atoms. The van der Waals surface area contributed by atoms with E-state index in [0.717, 1.165) is 11.3 Å². The predicted molar refractivity (Wildman–Crippen MR) is 84.9 cm³/mol. The maximum atomic E-state index is 13.0. The second-order valence-electron chi connectivity index (χ2n) is 5.85. The number of rotatable bonds is 4. The van der Waals surface area contributed by atoms with Gasteiger partial charge in [-0.1, -0.05) is 0 Å². The summed E-state index contributed by atoms with van der Waals surface area (Å²) in [4.78, 5) is 26.9. The summed E-state index contributed by atoms with van der Waals surface area (Å²) < 4.78 is 14.6. The molecule has 7 nitrogen and oxygen atoms in total. The SMILES string of the molecule is CN1C[C@H](C(=O)N(C)Cc2cnn(-c3ccc(F)cc3)c2)NC1=O. The van der Waals surface area contributed by atoms with E-state index in [0.29, 0.717) is 13.1 Å². The van der Waals surface area contributed by atoms with E-state index >= 15 is 0 Å². The molecule has 0 radical (unpaired) electrons. The molecule has 2 aromatic rings. The molecule has 2 heterocycles. The topological polar surface area (TPSA) is 70.5 Å². The van der Waals surface area contributed by atoms with Crippen molar-refractivity contribution >= 4 is 11.9 Å². The number of urea groups is 1. The van der Waals surface area contributed by atoms with Crippen molar-refractivity contribution in [3.8, 4) is 5.69 Å². The normalized spacial score (nSPS) is 17.0. The Balaban J connectivity index is 1.65. The molecule has 1 fully saturated rings. The fourth-order valence-corrected chi connectivity index (χ4v) is 2.60. The van der Waals surface area contributed by atoms with Crippen LogP contribution in [-0.4, -0.2) is 58.2 Å². The zero-order valence-corrected chi connectivity index (χ0v) is 13.4. The van der Waals surface area contributed by atoms with Gasteiger partial charge in [0.1, 0.15) is 11.9 Å². The Bertz CT molecular complexity index is 758. The van der Waals surface area contributed by atoms with Crippen LogP contribution in [0.5, 0.6) is 0 Å². The maximum absolute atomic E-state index is 13.0. The molecule has 1 aromatic heterocycles. The zero-order chi connectivity index (χ0) is 17.3. The van der Waals surface area contributed by atoms with Crippen LogP contribution in [0.25, 0.3) is 5.69 Å². The smallest absolute Gasteiger partial charge is 0.317 e. The van der Waals surface area contributed by atoms with Crippen molar-refractivity contribution in [3.63, 3.8) is 0 Å². The quantitative estimate of drug-likeness (QED) is 0.908. The number of nitrogens with one attached hydrogen (secondary N) is 1. The summed E-state index contributed by atoms with van der Waals surface area (Å²) in [5, 5.41) is 6.87. The van der Waals surface area contributed by atoms with Crippen molar-refractivity contribution in [2.75, 3.05) is 20.6 Å². The molecule has 24 heavy (non-hydrogen) atoms. The highest BCUT2D eigenvalue weighted by atomic mass is 19.1. The lowest BCUT2D eigenvalue weighted by Gasteiger charge is -2.19. The molecule has 0 saturated carbocycles. The van der Waals surface area contributed by atoms with E-state index in [9.17, 15) is 14.0 Å². The largest absolute Gasteiger partial charge is 0.339 e. The summed E-state index contributed by atoms with van der Waals surface area (Å²) in [5.74, 6) is -0.456. The van der Waals surface area contributed by atoms with Crippen molar-refractivity contribution < 1.29 is 14.0 Å². The van der Waals surface area contributed by atoms with Crippen molar-refractivity contribution in [1.29, 1.82) is 0 Å². The van der Waals surface area contributed by atoms with Gasteiger partial charge in [-0.3, -0.25) is 4.79 Å². The van der Waals surface area contributed by atoms with Crippen LogP contribution in [0.2, 0.25) is 0 Å². The van der Waals surface area contributed by atoms with Crippen molar-refractivity contribution in [2.24, 2.45) is 0 Å². The van der Waals surface area contributed by atoms with E-state index in [-0.39, 0.29) is 17.8 Å². The van der Waals surface area contributed by atoms with Gasteiger partial charge in [0.2, 0.25) is 5.91 Å². The summed E-state index contributed by atoms with van der Waals surface area (Å²) in [6.45, 7) is 0.729. The molecular formula is C16H18FN5O2. The monoisotopic (exact) mass is 331 g/mol. The highest BCUT2D eigenvalue weighted by molar-refractivity contribution is 5.90. The van der Waals surface area contributed by atoms with Crippen LogP contribution < -0.4 is 5.32 Å². The lowest BCUT2D eigenvalue weighted by Crippen LogP contribution is -2.43. The number of hydrogen-bond donors (Lipinski definition) is 1. The first-order chi connectivity index (χ1) is 11.4. The average molecular weight is 331 g/mol. The van der Waals surface area contributed by atoms with Gasteiger partial charge in [-0.25, -0.2) is 13.9 Å².